The lowest BCUT2D eigenvalue weighted by Crippen LogP contribution is -2.46. The molecule has 3 heteroatoms. The third-order valence-corrected chi connectivity index (χ3v) is 3.78. The summed E-state index contributed by atoms with van der Waals surface area (Å²) >= 11 is 0. The van der Waals surface area contributed by atoms with Crippen LogP contribution in [0.5, 0.6) is 0 Å². The Hall–Kier alpha value is -0.120. The monoisotopic (exact) mass is 212 g/mol. The standard InChI is InChI=1S/C12H24N2O/c1-12(5-7-13-8-6-12)15-11-3-9-14(2)10-4-11/h11,13H,3-10H2,1-2H3. The zero-order chi connectivity index (χ0) is 10.7. The molecule has 0 saturated carbocycles. The van der Waals surface area contributed by atoms with Crippen molar-refractivity contribution >= 4 is 0 Å². The molecule has 0 aromatic rings. The number of hydrogen-bond donors (Lipinski definition) is 1. The molecule has 0 aromatic heterocycles. The van der Waals surface area contributed by atoms with Gasteiger partial charge in [0.1, 0.15) is 0 Å². The van der Waals surface area contributed by atoms with Crippen LogP contribution in [0.1, 0.15) is 32.6 Å². The molecular weight excluding hydrogens is 188 g/mol. The summed E-state index contributed by atoms with van der Waals surface area (Å²) in [5, 5.41) is 3.40. The number of nitrogens with one attached hydrogen (secondary N) is 1. The SMILES string of the molecule is CN1CCC(OC2(C)CCNCC2)CC1. The molecule has 0 bridgehead atoms. The van der Waals surface area contributed by atoms with E-state index in [2.05, 4.69) is 24.2 Å². The smallest absolute Gasteiger partial charge is 0.0682 e. The van der Waals surface area contributed by atoms with Crippen molar-refractivity contribution in [1.29, 1.82) is 0 Å². The zero-order valence-corrected chi connectivity index (χ0v) is 10.1. The Labute approximate surface area is 93.2 Å². The second-order valence-corrected chi connectivity index (χ2v) is 5.32. The average molecular weight is 212 g/mol. The molecule has 2 heterocycles. The molecule has 2 rings (SSSR count). The van der Waals surface area contributed by atoms with E-state index in [1.807, 2.05) is 0 Å². The van der Waals surface area contributed by atoms with E-state index in [4.69, 9.17) is 4.74 Å². The van der Waals surface area contributed by atoms with E-state index in [1.54, 1.807) is 0 Å². The van der Waals surface area contributed by atoms with Gasteiger partial charge in [0, 0.05) is 13.1 Å². The fourth-order valence-corrected chi connectivity index (χ4v) is 2.58. The fourth-order valence-electron chi connectivity index (χ4n) is 2.58. The lowest BCUT2D eigenvalue weighted by atomic mass is 9.93. The van der Waals surface area contributed by atoms with Crippen LogP contribution in [0.4, 0.5) is 0 Å². The predicted molar refractivity (Wildman–Crippen MR) is 62.1 cm³/mol. The van der Waals surface area contributed by atoms with E-state index in [0.717, 1.165) is 13.1 Å². The number of nitrogens with zero attached hydrogens (tertiary/aromatic N) is 1. The third kappa shape index (κ3) is 3.16. The summed E-state index contributed by atoms with van der Waals surface area (Å²) in [5.41, 5.74) is 0.145. The minimum Gasteiger partial charge on any atom is -0.372 e. The van der Waals surface area contributed by atoms with Crippen molar-refractivity contribution in [2.75, 3.05) is 33.2 Å². The second kappa shape index (κ2) is 4.81. The minimum atomic E-state index is 0.145. The molecule has 2 fully saturated rings. The summed E-state index contributed by atoms with van der Waals surface area (Å²) in [5.74, 6) is 0. The van der Waals surface area contributed by atoms with Gasteiger partial charge >= 0.3 is 0 Å². The molecule has 0 aromatic carbocycles. The minimum absolute atomic E-state index is 0.145. The van der Waals surface area contributed by atoms with Crippen molar-refractivity contribution < 1.29 is 4.74 Å². The van der Waals surface area contributed by atoms with Gasteiger partial charge in [-0.05, 0) is 52.7 Å². The van der Waals surface area contributed by atoms with Crippen molar-refractivity contribution in [3.8, 4) is 0 Å². The Morgan fingerprint density at radius 1 is 1.20 bits per heavy atom. The summed E-state index contributed by atoms with van der Waals surface area (Å²) in [4.78, 5) is 2.39. The normalized spacial score (nSPS) is 29.2. The van der Waals surface area contributed by atoms with E-state index >= 15 is 0 Å². The predicted octanol–water partition coefficient (Wildman–Crippen LogP) is 1.24. The lowest BCUT2D eigenvalue weighted by molar-refractivity contribution is -0.114. The molecule has 15 heavy (non-hydrogen) atoms. The van der Waals surface area contributed by atoms with Gasteiger partial charge in [-0.1, -0.05) is 0 Å². The van der Waals surface area contributed by atoms with E-state index in [1.165, 1.54) is 38.8 Å². The van der Waals surface area contributed by atoms with Crippen LogP contribution in [0, 0.1) is 0 Å². The van der Waals surface area contributed by atoms with Gasteiger partial charge in [0.15, 0.2) is 0 Å². The summed E-state index contributed by atoms with van der Waals surface area (Å²) < 4.78 is 6.30. The first-order chi connectivity index (χ1) is 7.18. The quantitative estimate of drug-likeness (QED) is 0.745. The highest BCUT2D eigenvalue weighted by Gasteiger charge is 2.31. The van der Waals surface area contributed by atoms with Crippen LogP contribution in [-0.2, 0) is 4.74 Å². The highest BCUT2D eigenvalue weighted by Crippen LogP contribution is 2.27. The van der Waals surface area contributed by atoms with Crippen LogP contribution in [0.25, 0.3) is 0 Å². The molecule has 0 atom stereocenters. The van der Waals surface area contributed by atoms with E-state index in [0.29, 0.717) is 6.10 Å². The van der Waals surface area contributed by atoms with Gasteiger partial charge in [-0.25, -0.2) is 0 Å². The first-order valence-electron chi connectivity index (χ1n) is 6.25. The number of hydrogen-bond acceptors (Lipinski definition) is 3. The first kappa shape index (κ1) is 11.4. The zero-order valence-electron chi connectivity index (χ0n) is 10.1. The van der Waals surface area contributed by atoms with Gasteiger partial charge in [-0.15, -0.1) is 0 Å². The maximum atomic E-state index is 6.30. The molecular formula is C12H24N2O. The van der Waals surface area contributed by atoms with Crippen molar-refractivity contribution in [1.82, 2.24) is 10.2 Å². The highest BCUT2D eigenvalue weighted by molar-refractivity contribution is 4.84. The van der Waals surface area contributed by atoms with Gasteiger partial charge in [0.05, 0.1) is 11.7 Å². The molecule has 0 spiro atoms. The van der Waals surface area contributed by atoms with Crippen LogP contribution >= 0.6 is 0 Å². The van der Waals surface area contributed by atoms with Crippen molar-refractivity contribution in [2.45, 2.75) is 44.3 Å². The second-order valence-electron chi connectivity index (χ2n) is 5.32. The van der Waals surface area contributed by atoms with Gasteiger partial charge in [0.25, 0.3) is 0 Å². The van der Waals surface area contributed by atoms with Crippen molar-refractivity contribution in [3.63, 3.8) is 0 Å². The van der Waals surface area contributed by atoms with Gasteiger partial charge in [-0.2, -0.15) is 0 Å². The highest BCUT2D eigenvalue weighted by atomic mass is 16.5. The average Bonchev–Trinajstić information content (AvgIpc) is 2.22. The summed E-state index contributed by atoms with van der Waals surface area (Å²) in [6, 6.07) is 0. The molecule has 3 nitrogen and oxygen atoms in total. The molecule has 2 aliphatic heterocycles. The van der Waals surface area contributed by atoms with E-state index in [9.17, 15) is 0 Å². The number of piperidine rings is 2. The van der Waals surface area contributed by atoms with Crippen LogP contribution in [0.2, 0.25) is 0 Å². The third-order valence-electron chi connectivity index (χ3n) is 3.78. The van der Waals surface area contributed by atoms with Crippen LogP contribution in [-0.4, -0.2) is 49.8 Å². The summed E-state index contributed by atoms with van der Waals surface area (Å²) in [6.45, 7) is 6.90. The number of ether oxygens (including phenoxy) is 1. The van der Waals surface area contributed by atoms with Crippen LogP contribution in [0.15, 0.2) is 0 Å². The number of likely N-dealkylation sites (tertiary alicyclic amines) is 1. The fraction of sp³-hybridized carbons (Fsp3) is 1.00. The topological polar surface area (TPSA) is 24.5 Å². The Kier molecular flexibility index (Phi) is 3.65. The van der Waals surface area contributed by atoms with Crippen LogP contribution in [0.3, 0.4) is 0 Å². The molecule has 1 N–H and O–H groups in total. The van der Waals surface area contributed by atoms with Gasteiger partial charge < -0.3 is 15.0 Å². The van der Waals surface area contributed by atoms with E-state index in [-0.39, 0.29) is 5.60 Å². The van der Waals surface area contributed by atoms with E-state index < -0.39 is 0 Å². The van der Waals surface area contributed by atoms with Gasteiger partial charge in [0.2, 0.25) is 0 Å². The molecule has 0 amide bonds. The molecule has 0 unspecified atom stereocenters. The van der Waals surface area contributed by atoms with Crippen LogP contribution < -0.4 is 5.32 Å². The molecule has 0 aliphatic carbocycles. The Balaban J connectivity index is 1.80. The molecule has 2 saturated heterocycles. The largest absolute Gasteiger partial charge is 0.372 e. The molecule has 0 radical (unpaired) electrons. The van der Waals surface area contributed by atoms with Crippen molar-refractivity contribution in [2.24, 2.45) is 0 Å². The maximum absolute atomic E-state index is 6.30. The maximum Gasteiger partial charge on any atom is 0.0682 e. The van der Waals surface area contributed by atoms with Gasteiger partial charge in [-0.3, -0.25) is 0 Å². The molecule has 88 valence electrons. The van der Waals surface area contributed by atoms with Crippen molar-refractivity contribution in [3.05, 3.63) is 0 Å². The molecule has 2 aliphatic rings. The lowest BCUT2D eigenvalue weighted by Gasteiger charge is -2.40. The Bertz CT molecular complexity index is 194. The number of rotatable bonds is 2. The Morgan fingerprint density at radius 3 is 2.40 bits per heavy atom. The summed E-state index contributed by atoms with van der Waals surface area (Å²) in [6.07, 6.45) is 5.25. The summed E-state index contributed by atoms with van der Waals surface area (Å²) in [7, 11) is 2.20. The Morgan fingerprint density at radius 2 is 1.80 bits per heavy atom. The first-order valence-corrected chi connectivity index (χ1v) is 6.25.